The molecule has 1 aliphatic heterocycles. The van der Waals surface area contributed by atoms with Gasteiger partial charge in [-0.1, -0.05) is 20.8 Å². The van der Waals surface area contributed by atoms with Crippen molar-refractivity contribution in [3.05, 3.63) is 35.4 Å². The standard InChI is InChI=1S/C28H41NO7S3/c1-8-12-36-27-23(34-6)16-20(17-25(27)39(30,31)13-11-29(9-2)10-3)28-37-18-24(38-28)19-14-21(32-4)26(35-7)22(15-19)33-5/h14-17,24,28H,8-13,18H2,1-7H3/t24-,28+/m1/s1. The lowest BCUT2D eigenvalue weighted by Gasteiger charge is -2.21. The molecule has 1 fully saturated rings. The number of benzene rings is 2. The van der Waals surface area contributed by atoms with Gasteiger partial charge in [0.05, 0.1) is 45.4 Å². The fraction of sp³-hybridized carbons (Fsp3) is 0.571. The number of thioether (sulfide) groups is 2. The van der Waals surface area contributed by atoms with Crippen molar-refractivity contribution >= 4 is 33.4 Å². The number of nitrogens with zero attached hydrogens (tertiary/aromatic N) is 1. The Morgan fingerprint density at radius 3 is 1.97 bits per heavy atom. The van der Waals surface area contributed by atoms with Gasteiger partial charge < -0.3 is 28.6 Å². The van der Waals surface area contributed by atoms with Crippen LogP contribution < -0.4 is 23.7 Å². The molecule has 218 valence electrons. The van der Waals surface area contributed by atoms with Gasteiger partial charge >= 0.3 is 0 Å². The van der Waals surface area contributed by atoms with Crippen LogP contribution >= 0.6 is 23.5 Å². The average molecular weight is 600 g/mol. The van der Waals surface area contributed by atoms with Gasteiger partial charge in [-0.25, -0.2) is 8.42 Å². The molecule has 0 amide bonds. The van der Waals surface area contributed by atoms with Crippen LogP contribution in [0.1, 0.15) is 48.2 Å². The van der Waals surface area contributed by atoms with E-state index in [0.717, 1.165) is 36.4 Å². The Morgan fingerprint density at radius 1 is 0.846 bits per heavy atom. The highest BCUT2D eigenvalue weighted by Gasteiger charge is 2.33. The summed E-state index contributed by atoms with van der Waals surface area (Å²) < 4.78 is 55.6. The van der Waals surface area contributed by atoms with Gasteiger partial charge in [0, 0.05) is 17.5 Å². The van der Waals surface area contributed by atoms with Crippen molar-refractivity contribution in [2.24, 2.45) is 0 Å². The quantitative estimate of drug-likeness (QED) is 0.249. The molecule has 0 aliphatic carbocycles. The van der Waals surface area contributed by atoms with Gasteiger partial charge in [-0.15, -0.1) is 23.5 Å². The molecule has 0 saturated carbocycles. The molecule has 1 heterocycles. The molecule has 0 unspecified atom stereocenters. The Balaban J connectivity index is 1.97. The molecule has 11 heteroatoms. The largest absolute Gasteiger partial charge is 0.493 e. The van der Waals surface area contributed by atoms with Crippen molar-refractivity contribution in [3.8, 4) is 28.7 Å². The Morgan fingerprint density at radius 2 is 1.44 bits per heavy atom. The van der Waals surface area contributed by atoms with Gasteiger partial charge in [-0.2, -0.15) is 0 Å². The zero-order valence-corrected chi connectivity index (χ0v) is 26.4. The van der Waals surface area contributed by atoms with Crippen LogP contribution in [-0.2, 0) is 9.84 Å². The molecule has 2 atom stereocenters. The van der Waals surface area contributed by atoms with Gasteiger partial charge in [-0.3, -0.25) is 0 Å². The maximum Gasteiger partial charge on any atom is 0.203 e. The second-order valence-corrected chi connectivity index (χ2v) is 13.8. The molecule has 0 bridgehead atoms. The lowest BCUT2D eigenvalue weighted by molar-refractivity contribution is 0.286. The summed E-state index contributed by atoms with van der Waals surface area (Å²) in [6.45, 7) is 8.53. The summed E-state index contributed by atoms with van der Waals surface area (Å²) in [6, 6.07) is 7.66. The second-order valence-electron chi connectivity index (χ2n) is 8.99. The zero-order valence-electron chi connectivity index (χ0n) is 23.9. The summed E-state index contributed by atoms with van der Waals surface area (Å²) in [4.78, 5) is 2.31. The molecule has 2 aromatic rings. The molecule has 1 aliphatic rings. The monoisotopic (exact) mass is 599 g/mol. The van der Waals surface area contributed by atoms with Crippen LogP contribution in [0.4, 0.5) is 0 Å². The molecule has 0 N–H and O–H groups in total. The van der Waals surface area contributed by atoms with Gasteiger partial charge in [-0.05, 0) is 54.9 Å². The van der Waals surface area contributed by atoms with Crippen LogP contribution in [-0.4, -0.2) is 79.5 Å². The van der Waals surface area contributed by atoms with E-state index in [4.69, 9.17) is 23.7 Å². The van der Waals surface area contributed by atoms with Crippen molar-refractivity contribution in [3.63, 3.8) is 0 Å². The van der Waals surface area contributed by atoms with Crippen LogP contribution in [0.25, 0.3) is 0 Å². The van der Waals surface area contributed by atoms with E-state index in [1.165, 1.54) is 0 Å². The topological polar surface area (TPSA) is 83.5 Å². The average Bonchev–Trinajstić information content (AvgIpc) is 3.45. The highest BCUT2D eigenvalue weighted by Crippen LogP contribution is 2.58. The highest BCUT2D eigenvalue weighted by atomic mass is 32.2. The Kier molecular flexibility index (Phi) is 11.8. The summed E-state index contributed by atoms with van der Waals surface area (Å²) in [5.74, 6) is 3.39. The fourth-order valence-electron chi connectivity index (χ4n) is 4.40. The minimum absolute atomic E-state index is 0.0138. The number of methoxy groups -OCH3 is 4. The Labute approximate surface area is 242 Å². The molecule has 3 rings (SSSR count). The molecule has 0 aromatic heterocycles. The molecule has 0 radical (unpaired) electrons. The van der Waals surface area contributed by atoms with Crippen LogP contribution in [0.2, 0.25) is 0 Å². The summed E-state index contributed by atoms with van der Waals surface area (Å²) in [5.41, 5.74) is 1.95. The Bertz CT molecular complexity index is 1180. The minimum Gasteiger partial charge on any atom is -0.493 e. The van der Waals surface area contributed by atoms with E-state index in [2.05, 4.69) is 4.90 Å². The van der Waals surface area contributed by atoms with Crippen molar-refractivity contribution in [2.45, 2.75) is 41.9 Å². The molecule has 1 saturated heterocycles. The minimum atomic E-state index is -3.62. The van der Waals surface area contributed by atoms with Gasteiger partial charge in [0.15, 0.2) is 32.8 Å². The lowest BCUT2D eigenvalue weighted by Crippen LogP contribution is -2.29. The first-order valence-electron chi connectivity index (χ1n) is 13.1. The summed E-state index contributed by atoms with van der Waals surface area (Å²) in [6.07, 6.45) is 0.759. The molecule has 2 aromatic carbocycles. The maximum atomic E-state index is 13.7. The smallest absolute Gasteiger partial charge is 0.203 e. The van der Waals surface area contributed by atoms with E-state index >= 15 is 0 Å². The van der Waals surface area contributed by atoms with Crippen molar-refractivity contribution in [1.82, 2.24) is 4.90 Å². The van der Waals surface area contributed by atoms with E-state index in [0.29, 0.717) is 41.9 Å². The van der Waals surface area contributed by atoms with Gasteiger partial charge in [0.2, 0.25) is 5.75 Å². The van der Waals surface area contributed by atoms with E-state index in [9.17, 15) is 8.42 Å². The van der Waals surface area contributed by atoms with Crippen molar-refractivity contribution < 1.29 is 32.1 Å². The normalized spacial score (nSPS) is 17.3. The first-order chi connectivity index (χ1) is 18.8. The summed E-state index contributed by atoms with van der Waals surface area (Å²) in [5, 5.41) is 0.151. The van der Waals surface area contributed by atoms with E-state index < -0.39 is 9.84 Å². The second kappa shape index (κ2) is 14.6. The fourth-order valence-corrected chi connectivity index (χ4v) is 9.13. The molecule has 0 spiro atoms. The third kappa shape index (κ3) is 7.42. The lowest BCUT2D eigenvalue weighted by atomic mass is 10.1. The predicted octanol–water partition coefficient (Wildman–Crippen LogP) is 5.85. The summed E-state index contributed by atoms with van der Waals surface area (Å²) >= 11 is 3.54. The predicted molar refractivity (Wildman–Crippen MR) is 160 cm³/mol. The highest BCUT2D eigenvalue weighted by molar-refractivity contribution is 8.19. The number of rotatable bonds is 15. The number of ether oxygens (including phenoxy) is 5. The van der Waals surface area contributed by atoms with E-state index in [1.807, 2.05) is 39.0 Å². The molecular formula is C28H41NO7S3. The first kappa shape index (κ1) is 31.6. The van der Waals surface area contributed by atoms with Crippen LogP contribution in [0.3, 0.4) is 0 Å². The van der Waals surface area contributed by atoms with E-state index in [-0.39, 0.29) is 20.5 Å². The van der Waals surface area contributed by atoms with E-state index in [1.54, 1.807) is 58.0 Å². The van der Waals surface area contributed by atoms with Crippen molar-refractivity contribution in [1.29, 1.82) is 0 Å². The zero-order chi connectivity index (χ0) is 28.6. The first-order valence-corrected chi connectivity index (χ1v) is 16.8. The number of hydrogen-bond donors (Lipinski definition) is 0. The number of sulfone groups is 1. The molecular weight excluding hydrogens is 559 g/mol. The number of hydrogen-bond acceptors (Lipinski definition) is 10. The Hall–Kier alpha value is -1.95. The van der Waals surface area contributed by atoms with Crippen LogP contribution in [0.5, 0.6) is 28.7 Å². The maximum absolute atomic E-state index is 13.7. The van der Waals surface area contributed by atoms with Crippen molar-refractivity contribution in [2.75, 3.05) is 66.2 Å². The SMILES string of the molecule is CCCOc1c(OC)cc([C@H]2SC[C@H](c3cc(OC)c(OC)c(OC)c3)S2)cc1S(=O)(=O)CCN(CC)CC. The third-order valence-corrected chi connectivity index (χ3v) is 11.7. The summed E-state index contributed by atoms with van der Waals surface area (Å²) in [7, 11) is 2.73. The molecule has 39 heavy (non-hydrogen) atoms. The van der Waals surface area contributed by atoms with Gasteiger partial charge in [0.25, 0.3) is 0 Å². The third-order valence-electron chi connectivity index (χ3n) is 6.64. The van der Waals surface area contributed by atoms with Crippen LogP contribution in [0.15, 0.2) is 29.2 Å². The van der Waals surface area contributed by atoms with Crippen LogP contribution in [0, 0.1) is 0 Å². The van der Waals surface area contributed by atoms with Gasteiger partial charge in [0.1, 0.15) is 4.90 Å². The molecule has 8 nitrogen and oxygen atoms in total.